The van der Waals surface area contributed by atoms with E-state index in [4.69, 9.17) is 19.5 Å². The molecule has 2 heterocycles. The number of nitrogen functional groups attached to an aromatic ring is 1. The van der Waals surface area contributed by atoms with Crippen molar-refractivity contribution in [1.82, 2.24) is 19.5 Å². The van der Waals surface area contributed by atoms with Crippen molar-refractivity contribution >= 4 is 31.3 Å². The molecular formula is C19H24N5O5P. The predicted octanol–water partition coefficient (Wildman–Crippen LogP) is 2.12. The van der Waals surface area contributed by atoms with E-state index in [0.29, 0.717) is 25.4 Å². The van der Waals surface area contributed by atoms with Gasteiger partial charge >= 0.3 is 0 Å². The number of carbonyl (C=O) groups is 1. The van der Waals surface area contributed by atoms with E-state index < -0.39 is 8.38 Å². The van der Waals surface area contributed by atoms with Crippen LogP contribution < -0.4 is 11.3 Å². The number of aromatic nitrogens is 4. The Bertz CT molecular complexity index is 1050. The van der Waals surface area contributed by atoms with Crippen LogP contribution in [0.5, 0.6) is 0 Å². The Morgan fingerprint density at radius 1 is 1.27 bits per heavy atom. The first-order chi connectivity index (χ1) is 14.4. The number of rotatable bonds is 11. The standard InChI is InChI=1S/C19H24N5O5P/c1-13-3-5-15(6-4-13)10-29-30(28-9-14(2)25)12-27-8-7-24-11-21-16-17(24)22-19(20)23-18(16)26/h3-6,11H,7-10,12H2,1-2H3,(H3,20,22,23,26). The van der Waals surface area contributed by atoms with Crippen molar-refractivity contribution in [3.05, 3.63) is 52.1 Å². The molecule has 0 spiro atoms. The second kappa shape index (κ2) is 10.4. The molecule has 1 unspecified atom stereocenters. The van der Waals surface area contributed by atoms with E-state index >= 15 is 0 Å². The van der Waals surface area contributed by atoms with E-state index in [1.54, 1.807) is 4.57 Å². The topological polar surface area (TPSA) is 134 Å². The van der Waals surface area contributed by atoms with Crippen LogP contribution in [-0.2, 0) is 31.7 Å². The van der Waals surface area contributed by atoms with E-state index in [9.17, 15) is 9.59 Å². The van der Waals surface area contributed by atoms with Gasteiger partial charge in [0.25, 0.3) is 5.56 Å². The van der Waals surface area contributed by atoms with Crippen LogP contribution in [0.25, 0.3) is 11.2 Å². The van der Waals surface area contributed by atoms with E-state index in [-0.39, 0.29) is 35.8 Å². The van der Waals surface area contributed by atoms with Gasteiger partial charge in [-0.05, 0) is 19.4 Å². The van der Waals surface area contributed by atoms with Gasteiger partial charge in [0.15, 0.2) is 25.3 Å². The normalized spacial score (nSPS) is 12.3. The highest BCUT2D eigenvalue weighted by atomic mass is 31.2. The second-order valence-electron chi connectivity index (χ2n) is 6.67. The molecule has 1 aromatic carbocycles. The monoisotopic (exact) mass is 433 g/mol. The summed E-state index contributed by atoms with van der Waals surface area (Å²) in [7, 11) is -1.40. The molecule has 0 fully saturated rings. The minimum Gasteiger partial charge on any atom is -0.370 e. The zero-order chi connectivity index (χ0) is 21.5. The average molecular weight is 433 g/mol. The summed E-state index contributed by atoms with van der Waals surface area (Å²) in [6.07, 6.45) is 1.72. The van der Waals surface area contributed by atoms with Gasteiger partial charge in [0, 0.05) is 6.54 Å². The zero-order valence-corrected chi connectivity index (χ0v) is 17.7. The van der Waals surface area contributed by atoms with Gasteiger partial charge in [-0.25, -0.2) is 4.98 Å². The smallest absolute Gasteiger partial charge is 0.280 e. The van der Waals surface area contributed by atoms with E-state index in [1.165, 1.54) is 18.8 Å². The number of nitrogens with zero attached hydrogens (tertiary/aromatic N) is 3. The highest BCUT2D eigenvalue weighted by Crippen LogP contribution is 2.39. The number of carbonyl (C=O) groups excluding carboxylic acids is 1. The van der Waals surface area contributed by atoms with Crippen molar-refractivity contribution in [2.75, 3.05) is 25.3 Å². The first kappa shape index (κ1) is 22.0. The molecule has 0 aliphatic heterocycles. The second-order valence-corrected chi connectivity index (χ2v) is 8.11. The Hall–Kier alpha value is -2.65. The number of ketones is 1. The van der Waals surface area contributed by atoms with Crippen molar-refractivity contribution in [3.8, 4) is 0 Å². The quantitative estimate of drug-likeness (QED) is 0.347. The first-order valence-electron chi connectivity index (χ1n) is 9.29. The molecule has 0 aliphatic carbocycles. The van der Waals surface area contributed by atoms with Gasteiger partial charge in [-0.3, -0.25) is 14.6 Å². The summed E-state index contributed by atoms with van der Waals surface area (Å²) >= 11 is 0. The van der Waals surface area contributed by atoms with Crippen LogP contribution in [0.4, 0.5) is 5.95 Å². The number of imidazole rings is 1. The molecule has 0 aliphatic rings. The van der Waals surface area contributed by atoms with Gasteiger partial charge in [0.1, 0.15) is 13.0 Å². The number of hydrogen-bond acceptors (Lipinski definition) is 8. The Balaban J connectivity index is 1.52. The summed E-state index contributed by atoms with van der Waals surface area (Å²) in [5.41, 5.74) is 8.01. The molecular weight excluding hydrogens is 409 g/mol. The van der Waals surface area contributed by atoms with Crippen molar-refractivity contribution in [2.24, 2.45) is 0 Å². The van der Waals surface area contributed by atoms with Crippen LogP contribution >= 0.6 is 8.38 Å². The third kappa shape index (κ3) is 6.17. The maximum atomic E-state index is 11.8. The van der Waals surface area contributed by atoms with Gasteiger partial charge < -0.3 is 24.1 Å². The summed E-state index contributed by atoms with van der Waals surface area (Å²) in [5, 5.41) is 0. The molecule has 3 N–H and O–H groups in total. The predicted molar refractivity (Wildman–Crippen MR) is 113 cm³/mol. The van der Waals surface area contributed by atoms with Crippen LogP contribution in [0.2, 0.25) is 0 Å². The fourth-order valence-electron chi connectivity index (χ4n) is 2.54. The molecule has 0 saturated heterocycles. The molecule has 3 rings (SSSR count). The van der Waals surface area contributed by atoms with Crippen molar-refractivity contribution in [1.29, 1.82) is 0 Å². The molecule has 11 heteroatoms. The molecule has 0 radical (unpaired) electrons. The molecule has 0 saturated carbocycles. The molecule has 0 amide bonds. The number of nitrogens with two attached hydrogens (primary N) is 1. The molecule has 30 heavy (non-hydrogen) atoms. The van der Waals surface area contributed by atoms with E-state index in [2.05, 4.69) is 15.0 Å². The minimum atomic E-state index is -1.40. The van der Waals surface area contributed by atoms with Crippen LogP contribution in [0.1, 0.15) is 18.1 Å². The summed E-state index contributed by atoms with van der Waals surface area (Å²) in [6, 6.07) is 7.99. The van der Waals surface area contributed by atoms with Gasteiger partial charge in [-0.1, -0.05) is 29.8 Å². The lowest BCUT2D eigenvalue weighted by Gasteiger charge is -2.17. The third-order valence-electron chi connectivity index (χ3n) is 4.07. The average Bonchev–Trinajstić information content (AvgIpc) is 3.11. The zero-order valence-electron chi connectivity index (χ0n) is 16.8. The Morgan fingerprint density at radius 3 is 2.77 bits per heavy atom. The number of hydrogen-bond donors (Lipinski definition) is 2. The van der Waals surface area contributed by atoms with Gasteiger partial charge in [0.2, 0.25) is 5.95 Å². The minimum absolute atomic E-state index is 0.0267. The van der Waals surface area contributed by atoms with Crippen molar-refractivity contribution in [2.45, 2.75) is 27.0 Å². The summed E-state index contributed by atoms with van der Waals surface area (Å²) < 4.78 is 18.8. The van der Waals surface area contributed by atoms with Gasteiger partial charge in [-0.2, -0.15) is 4.98 Å². The number of anilines is 1. The molecule has 1 atom stereocenters. The van der Waals surface area contributed by atoms with Gasteiger partial charge in [0.05, 0.1) is 19.5 Å². The number of nitrogens with one attached hydrogen (secondary N) is 1. The third-order valence-corrected chi connectivity index (χ3v) is 5.30. The lowest BCUT2D eigenvalue weighted by molar-refractivity contribution is -0.119. The Labute approximate surface area is 174 Å². The van der Waals surface area contributed by atoms with Crippen LogP contribution in [0.3, 0.4) is 0 Å². The number of aromatic amines is 1. The number of ether oxygens (including phenoxy) is 1. The molecule has 2 aromatic heterocycles. The number of aryl methyl sites for hydroxylation is 1. The van der Waals surface area contributed by atoms with E-state index in [0.717, 1.165) is 5.56 Å². The van der Waals surface area contributed by atoms with Crippen LogP contribution in [0.15, 0.2) is 35.4 Å². The number of Topliss-reactive ketones (excluding diaryl/α,β-unsaturated/α-hetero) is 1. The van der Waals surface area contributed by atoms with Crippen LogP contribution in [0, 0.1) is 6.92 Å². The van der Waals surface area contributed by atoms with E-state index in [1.807, 2.05) is 31.2 Å². The summed E-state index contributed by atoms with van der Waals surface area (Å²) in [6.45, 7) is 4.55. The maximum Gasteiger partial charge on any atom is 0.280 e. The van der Waals surface area contributed by atoms with Crippen LogP contribution in [-0.4, -0.2) is 44.9 Å². The first-order valence-corrected chi connectivity index (χ1v) is 10.7. The molecule has 160 valence electrons. The van der Waals surface area contributed by atoms with Gasteiger partial charge in [-0.15, -0.1) is 0 Å². The maximum absolute atomic E-state index is 11.8. The lowest BCUT2D eigenvalue weighted by Crippen LogP contribution is -2.13. The fourth-order valence-corrected chi connectivity index (χ4v) is 3.66. The summed E-state index contributed by atoms with van der Waals surface area (Å²) in [5.74, 6) is -0.0546. The van der Waals surface area contributed by atoms with Crippen molar-refractivity contribution in [3.63, 3.8) is 0 Å². The highest BCUT2D eigenvalue weighted by molar-refractivity contribution is 7.47. The summed E-state index contributed by atoms with van der Waals surface area (Å²) in [4.78, 5) is 33.7. The molecule has 10 nitrogen and oxygen atoms in total. The largest absolute Gasteiger partial charge is 0.370 e. The number of benzene rings is 1. The molecule has 3 aromatic rings. The number of fused-ring (bicyclic) bond motifs is 1. The Morgan fingerprint density at radius 2 is 2.03 bits per heavy atom. The highest BCUT2D eigenvalue weighted by Gasteiger charge is 2.14. The SMILES string of the molecule is CC(=O)COP(COCCn1cnc2c(=O)[nH]c(N)nc21)OCc1ccc(C)cc1. The molecule has 0 bridgehead atoms. The number of H-pyrrole nitrogens is 1. The lowest BCUT2D eigenvalue weighted by atomic mass is 10.2. The van der Waals surface area contributed by atoms with Crippen molar-refractivity contribution < 1.29 is 18.6 Å². The fraction of sp³-hybridized carbons (Fsp3) is 0.368. The Kier molecular flexibility index (Phi) is 7.64.